The van der Waals surface area contributed by atoms with Gasteiger partial charge < -0.3 is 19.9 Å². The molecule has 0 aliphatic carbocycles. The monoisotopic (exact) mass is 518 g/mol. The van der Waals surface area contributed by atoms with Gasteiger partial charge in [-0.25, -0.2) is 9.37 Å². The fourth-order valence-corrected chi connectivity index (χ4v) is 4.79. The molecule has 0 radical (unpaired) electrons. The van der Waals surface area contributed by atoms with Crippen LogP contribution in [0.5, 0.6) is 17.4 Å². The van der Waals surface area contributed by atoms with Crippen LogP contribution in [-0.4, -0.2) is 38.8 Å². The molecule has 8 nitrogen and oxygen atoms in total. The number of hydrogen-bond donors (Lipinski definition) is 2. The zero-order chi connectivity index (χ0) is 25.9. The summed E-state index contributed by atoms with van der Waals surface area (Å²) in [5.41, 5.74) is 3.70. The number of nitrogens with one attached hydrogen (secondary N) is 1. The van der Waals surface area contributed by atoms with Gasteiger partial charge in [-0.15, -0.1) is 0 Å². The molecule has 1 amide bonds. The van der Waals surface area contributed by atoms with Gasteiger partial charge in [0.15, 0.2) is 11.6 Å². The topological polar surface area (TPSA) is 106 Å². The van der Waals surface area contributed by atoms with E-state index in [-0.39, 0.29) is 24.0 Å². The van der Waals surface area contributed by atoms with Gasteiger partial charge in [0.1, 0.15) is 16.6 Å². The number of ether oxygens (including phenoxy) is 2. The van der Waals surface area contributed by atoms with Crippen LogP contribution in [-0.2, 0) is 17.8 Å². The van der Waals surface area contributed by atoms with E-state index in [2.05, 4.69) is 15.3 Å². The predicted octanol–water partition coefficient (Wildman–Crippen LogP) is 4.91. The summed E-state index contributed by atoms with van der Waals surface area (Å²) >= 11 is 1.21. The minimum absolute atomic E-state index is 0.00503. The molecule has 10 heteroatoms. The fraction of sp³-hybridized carbons (Fsp3) is 0.185. The number of hydrogen-bond acceptors (Lipinski definition) is 8. The predicted molar refractivity (Wildman–Crippen MR) is 138 cm³/mol. The molecule has 0 saturated heterocycles. The number of carbonyl (C=O) groups excluding carboxylic acids is 1. The molecule has 5 rings (SSSR count). The van der Waals surface area contributed by atoms with E-state index < -0.39 is 5.82 Å². The number of rotatable bonds is 7. The van der Waals surface area contributed by atoms with Crippen LogP contribution in [0.15, 0.2) is 59.8 Å². The van der Waals surface area contributed by atoms with Crippen LogP contribution in [0.4, 0.5) is 10.1 Å². The Morgan fingerprint density at radius 2 is 1.95 bits per heavy atom. The van der Waals surface area contributed by atoms with Crippen molar-refractivity contribution in [1.82, 2.24) is 15.0 Å². The number of para-hydroxylation sites is 1. The molecular formula is C27H23FN4O4S. The molecule has 2 aromatic carbocycles. The zero-order valence-corrected chi connectivity index (χ0v) is 20.9. The van der Waals surface area contributed by atoms with Gasteiger partial charge in [0.2, 0.25) is 11.8 Å². The Kier molecular flexibility index (Phi) is 7.02. The lowest BCUT2D eigenvalue weighted by Gasteiger charge is -2.24. The number of anilines is 1. The van der Waals surface area contributed by atoms with Crippen molar-refractivity contribution in [2.45, 2.75) is 25.0 Å². The normalized spacial score (nSPS) is 11.8. The highest BCUT2D eigenvalue weighted by molar-refractivity contribution is 8.00. The van der Waals surface area contributed by atoms with Gasteiger partial charge in [-0.1, -0.05) is 23.9 Å². The van der Waals surface area contributed by atoms with Gasteiger partial charge in [-0.2, -0.15) is 4.98 Å². The van der Waals surface area contributed by atoms with Crippen molar-refractivity contribution < 1.29 is 23.8 Å². The summed E-state index contributed by atoms with van der Waals surface area (Å²) in [6.45, 7) is 1.64. The van der Waals surface area contributed by atoms with Gasteiger partial charge in [-0.3, -0.25) is 9.78 Å². The molecule has 2 aromatic heterocycles. The number of fused-ring (bicyclic) bond motifs is 2. The number of carbonyl (C=O) groups is 1. The van der Waals surface area contributed by atoms with E-state index in [1.54, 1.807) is 25.4 Å². The van der Waals surface area contributed by atoms with Crippen molar-refractivity contribution >= 4 is 23.4 Å². The quantitative estimate of drug-likeness (QED) is 0.231. The largest absolute Gasteiger partial charge is 0.497 e. The molecule has 1 aliphatic heterocycles. The standard InChI is InChI=1S/C27H23FN4O4S/c1-15-24-19(17(13-33)12-29-15)11-20-26(36-24)31-25(16-7-9-18(35-2)10-8-16)32-27(20)37-14-23(34)30-22-6-4-3-5-21(22)28/h3-10,12,33H,11,13-14H2,1-2H3,(H,30,34). The number of aliphatic hydroxyl groups excluding tert-OH is 1. The summed E-state index contributed by atoms with van der Waals surface area (Å²) in [6, 6.07) is 13.3. The van der Waals surface area contributed by atoms with Crippen molar-refractivity contribution in [2.75, 3.05) is 18.2 Å². The summed E-state index contributed by atoms with van der Waals surface area (Å²) in [4.78, 5) is 26.4. The summed E-state index contributed by atoms with van der Waals surface area (Å²) in [6.07, 6.45) is 2.04. The van der Waals surface area contributed by atoms with Gasteiger partial charge in [0.25, 0.3) is 0 Å². The molecule has 0 unspecified atom stereocenters. The molecule has 0 saturated carbocycles. The van der Waals surface area contributed by atoms with Crippen molar-refractivity contribution in [1.29, 1.82) is 0 Å². The van der Waals surface area contributed by atoms with E-state index in [4.69, 9.17) is 14.5 Å². The lowest BCUT2D eigenvalue weighted by Crippen LogP contribution is -2.16. The average Bonchev–Trinajstić information content (AvgIpc) is 2.92. The summed E-state index contributed by atoms with van der Waals surface area (Å²) < 4.78 is 25.4. The number of methoxy groups -OCH3 is 1. The first-order valence-corrected chi connectivity index (χ1v) is 12.4. The minimum Gasteiger partial charge on any atom is -0.497 e. The van der Waals surface area contributed by atoms with E-state index in [1.165, 1.54) is 23.9 Å². The van der Waals surface area contributed by atoms with Crippen molar-refractivity contribution in [2.24, 2.45) is 0 Å². The van der Waals surface area contributed by atoms with Crippen molar-refractivity contribution in [3.8, 4) is 28.8 Å². The first-order valence-electron chi connectivity index (χ1n) is 11.5. The molecule has 0 atom stereocenters. The lowest BCUT2D eigenvalue weighted by atomic mass is 9.99. The number of aryl methyl sites for hydroxylation is 1. The first-order chi connectivity index (χ1) is 18.0. The fourth-order valence-electron chi connectivity index (χ4n) is 3.97. The van der Waals surface area contributed by atoms with E-state index in [0.29, 0.717) is 51.5 Å². The second-order valence-electron chi connectivity index (χ2n) is 8.29. The maximum Gasteiger partial charge on any atom is 0.234 e. The zero-order valence-electron chi connectivity index (χ0n) is 20.1. The van der Waals surface area contributed by atoms with Crippen LogP contribution in [0.1, 0.15) is 22.4 Å². The molecule has 188 valence electrons. The van der Waals surface area contributed by atoms with Crippen LogP contribution in [0.3, 0.4) is 0 Å². The van der Waals surface area contributed by atoms with Crippen LogP contribution >= 0.6 is 11.8 Å². The van der Waals surface area contributed by atoms with E-state index in [9.17, 15) is 14.3 Å². The Labute approximate surface area is 216 Å². The minimum atomic E-state index is -0.507. The number of amides is 1. The van der Waals surface area contributed by atoms with Gasteiger partial charge >= 0.3 is 0 Å². The van der Waals surface area contributed by atoms with Crippen LogP contribution in [0.2, 0.25) is 0 Å². The van der Waals surface area contributed by atoms with Crippen molar-refractivity contribution in [3.63, 3.8) is 0 Å². The Hall–Kier alpha value is -4.02. The number of halogens is 1. The third-order valence-electron chi connectivity index (χ3n) is 5.89. The second kappa shape index (κ2) is 10.5. The molecule has 3 heterocycles. The molecule has 4 aromatic rings. The average molecular weight is 519 g/mol. The van der Waals surface area contributed by atoms with Crippen molar-refractivity contribution in [3.05, 3.63) is 82.9 Å². The Morgan fingerprint density at radius 1 is 1.16 bits per heavy atom. The number of pyridine rings is 1. The number of aromatic nitrogens is 3. The first kappa shape index (κ1) is 24.7. The molecule has 0 bridgehead atoms. The Balaban J connectivity index is 1.50. The number of benzene rings is 2. The summed E-state index contributed by atoms with van der Waals surface area (Å²) in [5, 5.41) is 13.0. The van der Waals surface area contributed by atoms with E-state index >= 15 is 0 Å². The molecule has 0 spiro atoms. The summed E-state index contributed by atoms with van der Waals surface area (Å²) in [5.74, 6) is 1.16. The number of thioether (sulfide) groups is 1. The smallest absolute Gasteiger partial charge is 0.234 e. The third-order valence-corrected chi connectivity index (χ3v) is 6.91. The van der Waals surface area contributed by atoms with E-state index in [0.717, 1.165) is 11.1 Å². The molecule has 1 aliphatic rings. The number of nitrogens with zero attached hydrogens (tertiary/aromatic N) is 3. The number of aliphatic hydroxyl groups is 1. The van der Waals surface area contributed by atoms with Gasteiger partial charge in [0, 0.05) is 29.3 Å². The second-order valence-corrected chi connectivity index (χ2v) is 9.26. The molecular weight excluding hydrogens is 495 g/mol. The van der Waals surface area contributed by atoms with Gasteiger partial charge in [0.05, 0.1) is 36.4 Å². The molecule has 2 N–H and O–H groups in total. The maximum absolute atomic E-state index is 14.0. The van der Waals surface area contributed by atoms with Crippen LogP contribution in [0.25, 0.3) is 11.4 Å². The maximum atomic E-state index is 14.0. The SMILES string of the molecule is COc1ccc(-c2nc3c(c(SCC(=O)Nc4ccccc4F)n2)Cc2c(CO)cnc(C)c2O3)cc1. The van der Waals surface area contributed by atoms with Crippen LogP contribution in [0, 0.1) is 12.7 Å². The third kappa shape index (κ3) is 5.11. The van der Waals surface area contributed by atoms with E-state index in [1.807, 2.05) is 31.2 Å². The Bertz CT molecular complexity index is 1480. The van der Waals surface area contributed by atoms with Gasteiger partial charge in [-0.05, 0) is 43.3 Å². The highest BCUT2D eigenvalue weighted by Crippen LogP contribution is 2.42. The Morgan fingerprint density at radius 3 is 2.68 bits per heavy atom. The lowest BCUT2D eigenvalue weighted by molar-refractivity contribution is -0.113. The highest BCUT2D eigenvalue weighted by atomic mass is 32.2. The molecule has 37 heavy (non-hydrogen) atoms. The summed E-state index contributed by atoms with van der Waals surface area (Å²) in [7, 11) is 1.59. The molecule has 0 fully saturated rings. The highest BCUT2D eigenvalue weighted by Gasteiger charge is 2.28. The van der Waals surface area contributed by atoms with Crippen LogP contribution < -0.4 is 14.8 Å².